The second kappa shape index (κ2) is 9.18. The Labute approximate surface area is 176 Å². The van der Waals surface area contributed by atoms with Gasteiger partial charge >= 0.3 is 0 Å². The third kappa shape index (κ3) is 5.00. The number of carbonyl (C=O) groups is 2. The van der Waals surface area contributed by atoms with Crippen LogP contribution in [-0.2, 0) is 16.1 Å². The molecule has 1 N–H and O–H groups in total. The number of pyridine rings is 1. The molecule has 1 fully saturated rings. The molecule has 0 aliphatic carbocycles. The molecule has 0 saturated carbocycles. The summed E-state index contributed by atoms with van der Waals surface area (Å²) in [5, 5.41) is 2.96. The molecule has 30 heavy (non-hydrogen) atoms. The van der Waals surface area contributed by atoms with Gasteiger partial charge in [-0.1, -0.05) is 54.6 Å². The molecule has 1 unspecified atom stereocenters. The fourth-order valence-corrected chi connectivity index (χ4v) is 3.53. The summed E-state index contributed by atoms with van der Waals surface area (Å²) >= 11 is 0. The van der Waals surface area contributed by atoms with E-state index in [-0.39, 0.29) is 24.2 Å². The summed E-state index contributed by atoms with van der Waals surface area (Å²) in [7, 11) is 0. The van der Waals surface area contributed by atoms with Gasteiger partial charge in [0.15, 0.2) is 0 Å². The molecule has 1 aliphatic rings. The van der Waals surface area contributed by atoms with Crippen molar-refractivity contribution in [1.82, 2.24) is 9.88 Å². The number of benzene rings is 2. The van der Waals surface area contributed by atoms with Crippen LogP contribution in [0.15, 0.2) is 79.0 Å². The first-order valence-corrected chi connectivity index (χ1v) is 9.99. The molecule has 1 aliphatic heterocycles. The normalized spacial score (nSPS) is 16.2. The molecule has 4 rings (SSSR count). The minimum Gasteiger partial charge on any atom is -0.338 e. The number of nitrogens with zero attached hydrogens (tertiary/aromatic N) is 2. The number of hydrogen-bond acceptors (Lipinski definition) is 3. The predicted octanol–water partition coefficient (Wildman–Crippen LogP) is 4.24. The molecule has 5 nitrogen and oxygen atoms in total. The van der Waals surface area contributed by atoms with Crippen LogP contribution in [0.1, 0.15) is 23.2 Å². The van der Waals surface area contributed by atoms with Gasteiger partial charge in [0.25, 0.3) is 0 Å². The van der Waals surface area contributed by atoms with Crippen molar-refractivity contribution in [2.75, 3.05) is 11.9 Å². The lowest BCUT2D eigenvalue weighted by atomic mass is 10.1. The van der Waals surface area contributed by atoms with Gasteiger partial charge in [-0.3, -0.25) is 14.6 Å². The van der Waals surface area contributed by atoms with E-state index in [0.29, 0.717) is 13.1 Å². The summed E-state index contributed by atoms with van der Waals surface area (Å²) in [5.74, 6) is -0.440. The highest BCUT2D eigenvalue weighted by Crippen LogP contribution is 2.22. The summed E-state index contributed by atoms with van der Waals surface area (Å²) < 4.78 is 0. The van der Waals surface area contributed by atoms with Gasteiger partial charge in [-0.25, -0.2) is 0 Å². The Morgan fingerprint density at radius 2 is 1.87 bits per heavy atom. The minimum atomic E-state index is -0.339. The molecule has 2 heterocycles. The summed E-state index contributed by atoms with van der Waals surface area (Å²) in [6, 6.07) is 23.2. The second-order valence-electron chi connectivity index (χ2n) is 7.36. The molecule has 2 amide bonds. The zero-order chi connectivity index (χ0) is 20.8. The van der Waals surface area contributed by atoms with Crippen molar-refractivity contribution >= 4 is 29.7 Å². The van der Waals surface area contributed by atoms with Gasteiger partial charge in [0.05, 0.1) is 11.6 Å². The van der Waals surface area contributed by atoms with Crippen LogP contribution in [0, 0.1) is 5.92 Å². The zero-order valence-electron chi connectivity index (χ0n) is 16.6. The summed E-state index contributed by atoms with van der Waals surface area (Å²) in [6.45, 7) is 0.982. The van der Waals surface area contributed by atoms with Crippen LogP contribution in [0.5, 0.6) is 0 Å². The number of carbonyl (C=O) groups excluding carboxylic acids is 2. The van der Waals surface area contributed by atoms with Gasteiger partial charge in [-0.05, 0) is 41.5 Å². The maximum atomic E-state index is 12.7. The van der Waals surface area contributed by atoms with Gasteiger partial charge in [-0.2, -0.15) is 0 Å². The van der Waals surface area contributed by atoms with Crippen molar-refractivity contribution in [3.8, 4) is 0 Å². The first-order valence-electron chi connectivity index (χ1n) is 9.99. The number of amides is 2. The molecule has 1 atom stereocenters. The standard InChI is InChI=1S/C25H23N3O2/c29-24-16-21(18-28(24)17-20-7-2-1-3-8-20)25(30)27-23-11-6-9-19(15-23)12-13-22-10-4-5-14-26-22/h1-15,21H,16-18H2,(H,27,30)/b13-12+. The van der Waals surface area contributed by atoms with Crippen molar-refractivity contribution in [2.45, 2.75) is 13.0 Å². The third-order valence-corrected chi connectivity index (χ3v) is 5.09. The van der Waals surface area contributed by atoms with Gasteiger partial charge < -0.3 is 10.2 Å². The molecular formula is C25H23N3O2. The Morgan fingerprint density at radius 3 is 2.67 bits per heavy atom. The first kappa shape index (κ1) is 19.6. The largest absolute Gasteiger partial charge is 0.338 e. The van der Waals surface area contributed by atoms with E-state index < -0.39 is 0 Å². The Balaban J connectivity index is 1.37. The van der Waals surface area contributed by atoms with E-state index in [4.69, 9.17) is 0 Å². The number of nitrogens with one attached hydrogen (secondary N) is 1. The van der Waals surface area contributed by atoms with Crippen molar-refractivity contribution in [2.24, 2.45) is 5.92 Å². The van der Waals surface area contributed by atoms with Crippen LogP contribution in [0.3, 0.4) is 0 Å². The lowest BCUT2D eigenvalue weighted by molar-refractivity contribution is -0.128. The Hall–Kier alpha value is -3.73. The Morgan fingerprint density at radius 1 is 1.03 bits per heavy atom. The highest BCUT2D eigenvalue weighted by atomic mass is 16.2. The van der Waals surface area contributed by atoms with Gasteiger partial charge in [-0.15, -0.1) is 0 Å². The number of hydrogen-bond donors (Lipinski definition) is 1. The third-order valence-electron chi connectivity index (χ3n) is 5.09. The fourth-order valence-electron chi connectivity index (χ4n) is 3.53. The van der Waals surface area contributed by atoms with E-state index in [1.165, 1.54) is 0 Å². The summed E-state index contributed by atoms with van der Waals surface area (Å²) in [6.07, 6.45) is 5.88. The van der Waals surface area contributed by atoms with Crippen molar-refractivity contribution in [3.05, 3.63) is 95.8 Å². The molecule has 0 bridgehead atoms. The maximum absolute atomic E-state index is 12.7. The molecule has 0 radical (unpaired) electrons. The topological polar surface area (TPSA) is 62.3 Å². The van der Waals surface area contributed by atoms with E-state index >= 15 is 0 Å². The van der Waals surface area contributed by atoms with E-state index in [2.05, 4.69) is 10.3 Å². The first-order chi connectivity index (χ1) is 14.7. The highest BCUT2D eigenvalue weighted by molar-refractivity contribution is 5.97. The van der Waals surface area contributed by atoms with Crippen LogP contribution in [0.25, 0.3) is 12.2 Å². The molecule has 3 aromatic rings. The zero-order valence-corrected chi connectivity index (χ0v) is 16.6. The van der Waals surface area contributed by atoms with E-state index in [0.717, 1.165) is 22.5 Å². The van der Waals surface area contributed by atoms with Crippen molar-refractivity contribution < 1.29 is 9.59 Å². The summed E-state index contributed by atoms with van der Waals surface area (Å²) in [4.78, 5) is 31.1. The van der Waals surface area contributed by atoms with Crippen LogP contribution in [0.2, 0.25) is 0 Å². The van der Waals surface area contributed by atoms with E-state index in [1.807, 2.05) is 84.9 Å². The average Bonchev–Trinajstić information content (AvgIpc) is 3.14. The van der Waals surface area contributed by atoms with Gasteiger partial charge in [0.2, 0.25) is 11.8 Å². The number of aromatic nitrogens is 1. The minimum absolute atomic E-state index is 0.0195. The molecule has 150 valence electrons. The average molecular weight is 397 g/mol. The molecule has 5 heteroatoms. The maximum Gasteiger partial charge on any atom is 0.229 e. The molecule has 0 spiro atoms. The van der Waals surface area contributed by atoms with E-state index in [9.17, 15) is 9.59 Å². The predicted molar refractivity (Wildman–Crippen MR) is 118 cm³/mol. The highest BCUT2D eigenvalue weighted by Gasteiger charge is 2.34. The number of rotatable bonds is 6. The Bertz CT molecular complexity index is 1050. The van der Waals surface area contributed by atoms with Gasteiger partial charge in [0, 0.05) is 31.4 Å². The van der Waals surface area contributed by atoms with Gasteiger partial charge in [0.1, 0.15) is 0 Å². The van der Waals surface area contributed by atoms with Crippen LogP contribution in [0.4, 0.5) is 5.69 Å². The molecule has 2 aromatic carbocycles. The smallest absolute Gasteiger partial charge is 0.229 e. The van der Waals surface area contributed by atoms with Crippen molar-refractivity contribution in [3.63, 3.8) is 0 Å². The fraction of sp³-hybridized carbons (Fsp3) is 0.160. The summed E-state index contributed by atoms with van der Waals surface area (Å²) in [5.41, 5.74) is 3.62. The van der Waals surface area contributed by atoms with Crippen molar-refractivity contribution in [1.29, 1.82) is 0 Å². The Kier molecular flexibility index (Phi) is 5.99. The van der Waals surface area contributed by atoms with Crippen LogP contribution < -0.4 is 5.32 Å². The molecular weight excluding hydrogens is 374 g/mol. The monoisotopic (exact) mass is 397 g/mol. The van der Waals surface area contributed by atoms with Crippen LogP contribution in [-0.4, -0.2) is 28.2 Å². The number of likely N-dealkylation sites (tertiary alicyclic amines) is 1. The quantitative estimate of drug-likeness (QED) is 0.677. The molecule has 1 aromatic heterocycles. The molecule has 1 saturated heterocycles. The lowest BCUT2D eigenvalue weighted by Crippen LogP contribution is -2.28. The SMILES string of the molecule is O=C(Nc1cccc(/C=C/c2ccccn2)c1)C1CC(=O)N(Cc2ccccc2)C1. The lowest BCUT2D eigenvalue weighted by Gasteiger charge is -2.16. The second-order valence-corrected chi connectivity index (χ2v) is 7.36. The number of anilines is 1. The van der Waals surface area contributed by atoms with E-state index in [1.54, 1.807) is 11.1 Å². The van der Waals surface area contributed by atoms with Crippen LogP contribution >= 0.6 is 0 Å².